The Morgan fingerprint density at radius 2 is 2.36 bits per heavy atom. The number of benzene rings is 1. The number of halogens is 2. The summed E-state index contributed by atoms with van der Waals surface area (Å²) in [5, 5.41) is 3.27. The predicted molar refractivity (Wildman–Crippen MR) is 62.3 cm³/mol. The first-order chi connectivity index (χ1) is 6.68. The molecule has 0 saturated heterocycles. The first-order valence-electron chi connectivity index (χ1n) is 4.73. The van der Waals surface area contributed by atoms with Gasteiger partial charge >= 0.3 is 0 Å². The number of hydrogen-bond acceptors (Lipinski definition) is 1. The third-order valence-electron chi connectivity index (χ3n) is 2.42. The smallest absolute Gasteiger partial charge is 0.156 e. The summed E-state index contributed by atoms with van der Waals surface area (Å²) in [5.41, 5.74) is 2.91. The van der Waals surface area contributed by atoms with E-state index in [4.69, 9.17) is 0 Å². The van der Waals surface area contributed by atoms with Crippen molar-refractivity contribution < 1.29 is 4.39 Å². The Labute approximate surface area is 92.5 Å². The monoisotopic (exact) mass is 254 g/mol. The number of anilines is 1. The molecule has 0 aliphatic carbocycles. The highest BCUT2D eigenvalue weighted by atomic mass is 79.9. The average molecular weight is 255 g/mol. The highest BCUT2D eigenvalue weighted by Gasteiger charge is 2.15. The highest BCUT2D eigenvalue weighted by Crippen LogP contribution is 2.28. The molecular weight excluding hydrogens is 244 g/mol. The minimum atomic E-state index is -0.932. The zero-order chi connectivity index (χ0) is 10.1. The minimum Gasteiger partial charge on any atom is -0.386 e. The van der Waals surface area contributed by atoms with Crippen LogP contribution < -0.4 is 10.8 Å². The van der Waals surface area contributed by atoms with Crippen molar-refractivity contribution >= 4 is 34.4 Å². The van der Waals surface area contributed by atoms with E-state index in [9.17, 15) is 4.39 Å². The van der Waals surface area contributed by atoms with E-state index in [2.05, 4.69) is 28.5 Å². The van der Waals surface area contributed by atoms with Crippen molar-refractivity contribution in [3.05, 3.63) is 22.2 Å². The molecule has 0 bridgehead atoms. The lowest BCUT2D eigenvalue weighted by Gasteiger charge is -2.19. The van der Waals surface area contributed by atoms with Gasteiger partial charge in [0.15, 0.2) is 7.28 Å². The van der Waals surface area contributed by atoms with Gasteiger partial charge in [0.1, 0.15) is 6.17 Å². The first kappa shape index (κ1) is 10.0. The molecule has 1 N–H and O–H groups in total. The normalized spacial score (nSPS) is 16.5. The van der Waals surface area contributed by atoms with Crippen LogP contribution in [0.3, 0.4) is 0 Å². The van der Waals surface area contributed by atoms with Crippen LogP contribution in [0.2, 0.25) is 6.32 Å². The lowest BCUT2D eigenvalue weighted by molar-refractivity contribution is 0.373. The van der Waals surface area contributed by atoms with Crippen LogP contribution in [0.15, 0.2) is 16.6 Å². The van der Waals surface area contributed by atoms with E-state index >= 15 is 0 Å². The maximum atomic E-state index is 13.2. The zero-order valence-corrected chi connectivity index (χ0v) is 9.57. The molecule has 0 amide bonds. The van der Waals surface area contributed by atoms with Crippen LogP contribution >= 0.6 is 15.9 Å². The average Bonchev–Trinajstić information content (AvgIpc) is 2.16. The number of fused-ring (bicyclic) bond motifs is 1. The van der Waals surface area contributed by atoms with Gasteiger partial charge in [0.05, 0.1) is 0 Å². The Bertz CT molecular complexity index is 354. The van der Waals surface area contributed by atoms with E-state index in [0.29, 0.717) is 5.56 Å². The van der Waals surface area contributed by atoms with Gasteiger partial charge in [0, 0.05) is 22.3 Å². The third kappa shape index (κ3) is 1.80. The van der Waals surface area contributed by atoms with Crippen molar-refractivity contribution in [1.29, 1.82) is 0 Å². The van der Waals surface area contributed by atoms with Crippen molar-refractivity contribution in [2.24, 2.45) is 0 Å². The molecule has 0 spiro atoms. The number of rotatable bonds is 1. The Morgan fingerprint density at radius 3 is 3.07 bits per heavy atom. The second-order valence-corrected chi connectivity index (χ2v) is 4.35. The fourth-order valence-electron chi connectivity index (χ4n) is 1.67. The fraction of sp³-hybridized carbons (Fsp3) is 0.400. The van der Waals surface area contributed by atoms with Gasteiger partial charge in [0.25, 0.3) is 0 Å². The summed E-state index contributed by atoms with van der Waals surface area (Å²) in [6.07, 6.45) is 0.0997. The molecular formula is C10H11BBrFN. The van der Waals surface area contributed by atoms with Crippen LogP contribution in [0.25, 0.3) is 0 Å². The first-order valence-corrected chi connectivity index (χ1v) is 5.52. The van der Waals surface area contributed by atoms with Crippen LogP contribution in [0.1, 0.15) is 18.7 Å². The van der Waals surface area contributed by atoms with Gasteiger partial charge < -0.3 is 5.32 Å². The van der Waals surface area contributed by atoms with Gasteiger partial charge in [-0.25, -0.2) is 4.39 Å². The summed E-state index contributed by atoms with van der Waals surface area (Å²) in [5.74, 6) is 0. The van der Waals surface area contributed by atoms with E-state index in [0.717, 1.165) is 28.5 Å². The second-order valence-electron chi connectivity index (χ2n) is 3.50. The molecule has 1 atom stereocenters. The maximum Gasteiger partial charge on any atom is 0.156 e. The Balaban J connectivity index is 2.45. The number of hydrogen-bond donors (Lipinski definition) is 1. The van der Waals surface area contributed by atoms with Crippen LogP contribution in [0, 0.1) is 0 Å². The van der Waals surface area contributed by atoms with E-state index in [1.165, 1.54) is 0 Å². The van der Waals surface area contributed by atoms with Gasteiger partial charge in [-0.2, -0.15) is 0 Å². The molecule has 0 fully saturated rings. The van der Waals surface area contributed by atoms with Crippen molar-refractivity contribution in [1.82, 2.24) is 0 Å². The Hall–Kier alpha value is -0.505. The molecule has 1 radical (unpaired) electrons. The van der Waals surface area contributed by atoms with E-state index in [1.807, 2.05) is 12.1 Å². The molecule has 0 aromatic heterocycles. The molecule has 73 valence electrons. The van der Waals surface area contributed by atoms with Crippen LogP contribution in [0.5, 0.6) is 0 Å². The summed E-state index contributed by atoms with van der Waals surface area (Å²) in [7, 11) is 2.17. The minimum absolute atomic E-state index is 0.714. The largest absolute Gasteiger partial charge is 0.386 e. The molecule has 14 heavy (non-hydrogen) atoms. The van der Waals surface area contributed by atoms with E-state index < -0.39 is 6.17 Å². The Morgan fingerprint density at radius 1 is 1.57 bits per heavy atom. The summed E-state index contributed by atoms with van der Waals surface area (Å²) >= 11 is 3.39. The lowest BCUT2D eigenvalue weighted by Crippen LogP contribution is -2.27. The summed E-state index contributed by atoms with van der Waals surface area (Å²) in [4.78, 5) is 0. The molecule has 1 aliphatic rings. The molecule has 1 unspecified atom stereocenters. The number of nitrogens with one attached hydrogen (secondary N) is 1. The third-order valence-corrected chi connectivity index (χ3v) is 3.11. The van der Waals surface area contributed by atoms with Gasteiger partial charge in [-0.1, -0.05) is 33.8 Å². The van der Waals surface area contributed by atoms with Gasteiger partial charge in [-0.05, 0) is 13.0 Å². The van der Waals surface area contributed by atoms with Crippen molar-refractivity contribution in [2.45, 2.75) is 19.4 Å². The Kier molecular flexibility index (Phi) is 2.82. The van der Waals surface area contributed by atoms with Crippen molar-refractivity contribution in [2.75, 3.05) is 11.9 Å². The van der Waals surface area contributed by atoms with Crippen molar-refractivity contribution in [3.8, 4) is 0 Å². The molecule has 4 heteroatoms. The lowest BCUT2D eigenvalue weighted by atomic mass is 9.64. The van der Waals surface area contributed by atoms with E-state index in [1.54, 1.807) is 6.92 Å². The molecule has 1 heterocycles. The second kappa shape index (κ2) is 3.93. The molecule has 1 aromatic rings. The van der Waals surface area contributed by atoms with E-state index in [-0.39, 0.29) is 0 Å². The van der Waals surface area contributed by atoms with Crippen molar-refractivity contribution in [3.63, 3.8) is 0 Å². The predicted octanol–water partition coefficient (Wildman–Crippen LogP) is 2.65. The maximum absolute atomic E-state index is 13.2. The number of alkyl halides is 1. The highest BCUT2D eigenvalue weighted by molar-refractivity contribution is 9.10. The van der Waals surface area contributed by atoms with Gasteiger partial charge in [-0.3, -0.25) is 0 Å². The molecule has 1 aliphatic heterocycles. The molecule has 0 saturated carbocycles. The van der Waals surface area contributed by atoms with Crippen LogP contribution in [-0.4, -0.2) is 13.8 Å². The summed E-state index contributed by atoms with van der Waals surface area (Å²) in [6.45, 7) is 2.49. The summed E-state index contributed by atoms with van der Waals surface area (Å²) in [6, 6.07) is 3.87. The zero-order valence-electron chi connectivity index (χ0n) is 7.98. The van der Waals surface area contributed by atoms with Gasteiger partial charge in [0.2, 0.25) is 0 Å². The molecule has 1 aromatic carbocycles. The topological polar surface area (TPSA) is 12.0 Å². The van der Waals surface area contributed by atoms with Crippen LogP contribution in [0.4, 0.5) is 10.1 Å². The quantitative estimate of drug-likeness (QED) is 0.760. The fourth-order valence-corrected chi connectivity index (χ4v) is 2.34. The van der Waals surface area contributed by atoms with Crippen LogP contribution in [-0.2, 0) is 0 Å². The van der Waals surface area contributed by atoms with Gasteiger partial charge in [-0.15, -0.1) is 0 Å². The SMILES string of the molecule is CC(F)c1cc2c(cc1Br)[B]CCN2. The molecule has 1 nitrogen and oxygen atoms in total. The standard InChI is InChI=1S/C10H11BBrFN/c1-6(13)7-4-10-8(5-9(7)12)11-2-3-14-10/h4-6,14H,2-3H2,1H3. The summed E-state index contributed by atoms with van der Waals surface area (Å²) < 4.78 is 14.0. The molecule has 2 rings (SSSR count).